The summed E-state index contributed by atoms with van der Waals surface area (Å²) in [5.74, 6) is -1.10. The maximum absolute atomic E-state index is 11.2. The summed E-state index contributed by atoms with van der Waals surface area (Å²) in [5, 5.41) is 0. The molecule has 88 valence electrons. The fraction of sp³-hybridized carbons (Fsp3) is 0.200. The van der Waals surface area contributed by atoms with E-state index < -0.39 is 11.9 Å². The molecule has 1 rings (SSSR count). The minimum absolute atomic E-state index is 0. The van der Waals surface area contributed by atoms with Crippen molar-refractivity contribution in [2.45, 2.75) is 0 Å². The number of hydrogen-bond donors (Lipinski definition) is 1. The van der Waals surface area contributed by atoms with Gasteiger partial charge in [0.15, 0.2) is 0 Å². The van der Waals surface area contributed by atoms with Crippen molar-refractivity contribution in [3.05, 3.63) is 29.3 Å². The molecule has 2 N–H and O–H groups in total. The summed E-state index contributed by atoms with van der Waals surface area (Å²) < 4.78 is 9.03. The van der Waals surface area contributed by atoms with Crippen molar-refractivity contribution in [1.82, 2.24) is 0 Å². The molecule has 0 aliphatic rings. The first-order chi connectivity index (χ1) is 7.08. The van der Waals surface area contributed by atoms with E-state index in [0.29, 0.717) is 5.69 Å². The molecule has 0 heterocycles. The minimum Gasteiger partial charge on any atom is -0.465 e. The molecule has 0 fully saturated rings. The SMILES string of the molecule is COC(=O)c1cc(N)cc(C(=O)OC)c1.Cl. The Morgan fingerprint density at radius 2 is 1.38 bits per heavy atom. The molecule has 0 aliphatic carbocycles. The third-order valence-corrected chi connectivity index (χ3v) is 1.80. The molecule has 0 aromatic heterocycles. The van der Waals surface area contributed by atoms with Crippen LogP contribution < -0.4 is 5.73 Å². The van der Waals surface area contributed by atoms with Crippen LogP contribution in [0.3, 0.4) is 0 Å². The van der Waals surface area contributed by atoms with E-state index in [1.165, 1.54) is 32.4 Å². The van der Waals surface area contributed by atoms with Gasteiger partial charge in [-0.1, -0.05) is 0 Å². The number of nitrogen functional groups attached to an aromatic ring is 1. The lowest BCUT2D eigenvalue weighted by Gasteiger charge is -2.04. The van der Waals surface area contributed by atoms with E-state index in [1.807, 2.05) is 0 Å². The number of carbonyl (C=O) groups excluding carboxylic acids is 2. The van der Waals surface area contributed by atoms with E-state index in [4.69, 9.17) is 5.73 Å². The van der Waals surface area contributed by atoms with Crippen LogP contribution in [-0.2, 0) is 9.47 Å². The number of carbonyl (C=O) groups is 2. The highest BCUT2D eigenvalue weighted by molar-refractivity contribution is 5.96. The molecule has 0 radical (unpaired) electrons. The molecule has 0 unspecified atom stereocenters. The van der Waals surface area contributed by atoms with Crippen LogP contribution in [0.25, 0.3) is 0 Å². The second-order valence-electron chi connectivity index (χ2n) is 2.83. The first kappa shape index (κ1) is 14.2. The van der Waals surface area contributed by atoms with Crippen molar-refractivity contribution in [3.63, 3.8) is 0 Å². The predicted octanol–water partition coefficient (Wildman–Crippen LogP) is 1.26. The number of esters is 2. The van der Waals surface area contributed by atoms with Gasteiger partial charge in [0.1, 0.15) is 0 Å². The Hall–Kier alpha value is -1.75. The highest BCUT2D eigenvalue weighted by Crippen LogP contribution is 2.13. The molecule has 0 aliphatic heterocycles. The number of anilines is 1. The Bertz CT molecular complexity index is 372. The van der Waals surface area contributed by atoms with Crippen LogP contribution in [0.5, 0.6) is 0 Å². The largest absolute Gasteiger partial charge is 0.465 e. The maximum Gasteiger partial charge on any atom is 0.337 e. The molecule has 1 aromatic carbocycles. The second kappa shape index (κ2) is 5.97. The van der Waals surface area contributed by atoms with Crippen molar-refractivity contribution in [3.8, 4) is 0 Å². The molecular formula is C10H12ClNO4. The Labute approximate surface area is 98.9 Å². The van der Waals surface area contributed by atoms with Gasteiger partial charge in [-0.3, -0.25) is 0 Å². The average molecular weight is 246 g/mol. The third-order valence-electron chi connectivity index (χ3n) is 1.80. The molecule has 16 heavy (non-hydrogen) atoms. The van der Waals surface area contributed by atoms with Crippen molar-refractivity contribution in [1.29, 1.82) is 0 Å². The lowest BCUT2D eigenvalue weighted by Crippen LogP contribution is -2.07. The summed E-state index contributed by atoms with van der Waals surface area (Å²) in [5.41, 5.74) is 6.27. The summed E-state index contributed by atoms with van der Waals surface area (Å²) in [6.45, 7) is 0. The van der Waals surface area contributed by atoms with Gasteiger partial charge in [0, 0.05) is 5.69 Å². The quantitative estimate of drug-likeness (QED) is 0.627. The van der Waals surface area contributed by atoms with Gasteiger partial charge in [-0.2, -0.15) is 0 Å². The zero-order valence-electron chi connectivity index (χ0n) is 8.85. The Balaban J connectivity index is 0.00000225. The number of ether oxygens (including phenoxy) is 2. The van der Waals surface area contributed by atoms with Gasteiger partial charge in [0.05, 0.1) is 25.3 Å². The van der Waals surface area contributed by atoms with Crippen LogP contribution in [0, 0.1) is 0 Å². The summed E-state index contributed by atoms with van der Waals surface area (Å²) >= 11 is 0. The second-order valence-corrected chi connectivity index (χ2v) is 2.83. The number of benzene rings is 1. The van der Waals surface area contributed by atoms with Crippen molar-refractivity contribution in [2.24, 2.45) is 0 Å². The number of nitrogens with two attached hydrogens (primary N) is 1. The number of hydrogen-bond acceptors (Lipinski definition) is 5. The van der Waals surface area contributed by atoms with Gasteiger partial charge >= 0.3 is 11.9 Å². The van der Waals surface area contributed by atoms with Gasteiger partial charge in [-0.05, 0) is 18.2 Å². The monoisotopic (exact) mass is 245 g/mol. The summed E-state index contributed by atoms with van der Waals surface area (Å²) in [7, 11) is 2.51. The number of methoxy groups -OCH3 is 2. The maximum atomic E-state index is 11.2. The Morgan fingerprint density at radius 1 is 1.00 bits per heavy atom. The molecule has 5 nitrogen and oxygen atoms in total. The fourth-order valence-electron chi connectivity index (χ4n) is 1.12. The standard InChI is InChI=1S/C10H11NO4.ClH/c1-14-9(12)6-3-7(10(13)15-2)5-8(11)4-6;/h3-5H,11H2,1-2H3;1H. The lowest BCUT2D eigenvalue weighted by atomic mass is 10.1. The van der Waals surface area contributed by atoms with Crippen LogP contribution >= 0.6 is 12.4 Å². The number of rotatable bonds is 2. The van der Waals surface area contributed by atoms with Crippen LogP contribution in [0.4, 0.5) is 5.69 Å². The van der Waals surface area contributed by atoms with E-state index in [1.54, 1.807) is 0 Å². The highest BCUT2D eigenvalue weighted by Gasteiger charge is 2.12. The molecular weight excluding hydrogens is 234 g/mol. The lowest BCUT2D eigenvalue weighted by molar-refractivity contribution is 0.0599. The molecule has 0 saturated carbocycles. The average Bonchev–Trinajstić information content (AvgIpc) is 2.26. The van der Waals surface area contributed by atoms with Gasteiger partial charge in [0.2, 0.25) is 0 Å². The zero-order valence-corrected chi connectivity index (χ0v) is 9.67. The first-order valence-corrected chi connectivity index (χ1v) is 4.15. The normalized spacial score (nSPS) is 8.88. The van der Waals surface area contributed by atoms with Crippen LogP contribution in [0.1, 0.15) is 20.7 Å². The van der Waals surface area contributed by atoms with E-state index in [0.717, 1.165) is 0 Å². The van der Waals surface area contributed by atoms with E-state index in [-0.39, 0.29) is 23.5 Å². The molecule has 0 bridgehead atoms. The van der Waals surface area contributed by atoms with E-state index >= 15 is 0 Å². The third kappa shape index (κ3) is 3.13. The molecule has 1 aromatic rings. The topological polar surface area (TPSA) is 78.6 Å². The van der Waals surface area contributed by atoms with Gasteiger partial charge in [0.25, 0.3) is 0 Å². The Kier molecular flexibility index (Phi) is 5.32. The van der Waals surface area contributed by atoms with Crippen LogP contribution in [0.2, 0.25) is 0 Å². The van der Waals surface area contributed by atoms with Crippen molar-refractivity contribution in [2.75, 3.05) is 20.0 Å². The summed E-state index contributed by atoms with van der Waals surface area (Å²) in [4.78, 5) is 22.4. The Morgan fingerprint density at radius 3 is 1.69 bits per heavy atom. The van der Waals surface area contributed by atoms with Crippen molar-refractivity contribution >= 4 is 30.0 Å². The molecule has 0 spiro atoms. The minimum atomic E-state index is -0.549. The molecule has 0 amide bonds. The number of halogens is 1. The van der Waals surface area contributed by atoms with Gasteiger partial charge in [-0.15, -0.1) is 12.4 Å². The molecule has 0 atom stereocenters. The summed E-state index contributed by atoms with van der Waals surface area (Å²) in [6, 6.07) is 4.23. The van der Waals surface area contributed by atoms with E-state index in [9.17, 15) is 9.59 Å². The first-order valence-electron chi connectivity index (χ1n) is 4.15. The van der Waals surface area contributed by atoms with Gasteiger partial charge in [-0.25, -0.2) is 9.59 Å². The zero-order chi connectivity index (χ0) is 11.4. The van der Waals surface area contributed by atoms with Crippen molar-refractivity contribution < 1.29 is 19.1 Å². The fourth-order valence-corrected chi connectivity index (χ4v) is 1.12. The van der Waals surface area contributed by atoms with Crippen LogP contribution in [0.15, 0.2) is 18.2 Å². The highest BCUT2D eigenvalue weighted by atomic mass is 35.5. The predicted molar refractivity (Wildman–Crippen MR) is 60.8 cm³/mol. The van der Waals surface area contributed by atoms with E-state index in [2.05, 4.69) is 9.47 Å². The van der Waals surface area contributed by atoms with Gasteiger partial charge < -0.3 is 15.2 Å². The smallest absolute Gasteiger partial charge is 0.337 e. The molecule has 6 heteroatoms. The molecule has 0 saturated heterocycles. The summed E-state index contributed by atoms with van der Waals surface area (Å²) in [6.07, 6.45) is 0. The van der Waals surface area contributed by atoms with Crippen LogP contribution in [-0.4, -0.2) is 26.2 Å².